The first-order chi connectivity index (χ1) is 18.0. The van der Waals surface area contributed by atoms with Gasteiger partial charge in [-0.05, 0) is 55.0 Å². The minimum absolute atomic E-state index is 0.0893. The summed E-state index contributed by atoms with van der Waals surface area (Å²) in [5.74, 6) is 1.47. The van der Waals surface area contributed by atoms with Gasteiger partial charge < -0.3 is 14.2 Å². The van der Waals surface area contributed by atoms with Crippen molar-refractivity contribution >= 4 is 29.0 Å². The van der Waals surface area contributed by atoms with E-state index in [-0.39, 0.29) is 5.78 Å². The molecule has 0 aromatic heterocycles. The van der Waals surface area contributed by atoms with Crippen molar-refractivity contribution in [3.63, 3.8) is 0 Å². The highest BCUT2D eigenvalue weighted by molar-refractivity contribution is 6.10. The molecule has 0 aliphatic heterocycles. The largest absolute Gasteiger partial charge is 0.494 e. The summed E-state index contributed by atoms with van der Waals surface area (Å²) in [6, 6.07) is 29.7. The number of carbonyl (C=O) groups is 1. The van der Waals surface area contributed by atoms with E-state index >= 15 is 0 Å². The van der Waals surface area contributed by atoms with Gasteiger partial charge in [0.15, 0.2) is 5.78 Å². The van der Waals surface area contributed by atoms with E-state index in [2.05, 4.69) is 9.98 Å². The first-order valence-electron chi connectivity index (χ1n) is 11.7. The van der Waals surface area contributed by atoms with Crippen molar-refractivity contribution in [1.82, 2.24) is 0 Å². The number of ketones is 1. The predicted octanol–water partition coefficient (Wildman–Crippen LogP) is 6.68. The van der Waals surface area contributed by atoms with Crippen molar-refractivity contribution in [3.05, 3.63) is 125 Å². The lowest BCUT2D eigenvalue weighted by Gasteiger charge is -2.09. The molecule has 0 spiro atoms. The molecule has 4 aromatic rings. The van der Waals surface area contributed by atoms with Crippen LogP contribution in [0, 0.1) is 6.92 Å². The van der Waals surface area contributed by atoms with Gasteiger partial charge in [-0.15, -0.1) is 0 Å². The van der Waals surface area contributed by atoms with Gasteiger partial charge in [-0.25, -0.2) is 9.98 Å². The van der Waals surface area contributed by atoms with Crippen LogP contribution < -0.4 is 4.74 Å². The Morgan fingerprint density at radius 2 is 1.00 bits per heavy atom. The zero-order valence-electron chi connectivity index (χ0n) is 21.3. The first kappa shape index (κ1) is 25.4. The van der Waals surface area contributed by atoms with Gasteiger partial charge in [-0.3, -0.25) is 4.79 Å². The molecule has 6 nitrogen and oxygen atoms in total. The second kappa shape index (κ2) is 11.8. The van der Waals surface area contributed by atoms with Gasteiger partial charge in [0, 0.05) is 22.3 Å². The average Bonchev–Trinajstić information content (AvgIpc) is 2.95. The topological polar surface area (TPSA) is 69.5 Å². The van der Waals surface area contributed by atoms with Gasteiger partial charge in [0.05, 0.1) is 27.0 Å². The molecule has 0 fully saturated rings. The van der Waals surface area contributed by atoms with Gasteiger partial charge in [-0.1, -0.05) is 54.6 Å². The Balaban J connectivity index is 1.54. The Hall–Kier alpha value is -4.71. The molecule has 0 heterocycles. The molecule has 0 N–H and O–H groups in total. The Labute approximate surface area is 216 Å². The van der Waals surface area contributed by atoms with E-state index in [0.29, 0.717) is 34.4 Å². The number of ether oxygens (including phenoxy) is 3. The van der Waals surface area contributed by atoms with Crippen molar-refractivity contribution < 1.29 is 19.0 Å². The maximum atomic E-state index is 13.1. The van der Waals surface area contributed by atoms with Crippen LogP contribution in [0.1, 0.15) is 32.6 Å². The summed E-state index contributed by atoms with van der Waals surface area (Å²) in [4.78, 5) is 22.3. The molecule has 4 rings (SSSR count). The van der Waals surface area contributed by atoms with E-state index in [1.807, 2.05) is 79.7 Å². The number of nitrogens with zero attached hydrogens (tertiary/aromatic N) is 2. The number of benzene rings is 4. The number of hydrogen-bond acceptors (Lipinski definition) is 6. The highest BCUT2D eigenvalue weighted by atomic mass is 16.5. The normalized spacial score (nSPS) is 11.7. The van der Waals surface area contributed by atoms with Crippen LogP contribution in [0.5, 0.6) is 5.75 Å². The minimum atomic E-state index is -0.0893. The molecule has 0 aliphatic carbocycles. The smallest absolute Gasteiger partial charge is 0.221 e. The van der Waals surface area contributed by atoms with Crippen LogP contribution in [0.2, 0.25) is 0 Å². The van der Waals surface area contributed by atoms with E-state index in [0.717, 1.165) is 22.4 Å². The molecule has 0 amide bonds. The Morgan fingerprint density at radius 1 is 0.568 bits per heavy atom. The third kappa shape index (κ3) is 5.93. The van der Waals surface area contributed by atoms with E-state index in [4.69, 9.17) is 14.2 Å². The van der Waals surface area contributed by atoms with Gasteiger partial charge in [0.2, 0.25) is 11.8 Å². The molecule has 0 radical (unpaired) electrons. The molecular weight excluding hydrogens is 464 g/mol. The molecule has 0 aliphatic rings. The summed E-state index contributed by atoms with van der Waals surface area (Å²) in [5, 5.41) is 0. The number of hydrogen-bond donors (Lipinski definition) is 0. The number of aryl methyl sites for hydroxylation is 1. The minimum Gasteiger partial charge on any atom is -0.494 e. The number of methoxy groups -OCH3 is 3. The Bertz CT molecular complexity index is 1440. The van der Waals surface area contributed by atoms with Crippen LogP contribution in [-0.4, -0.2) is 38.9 Å². The molecule has 0 saturated heterocycles. The fourth-order valence-corrected chi connectivity index (χ4v) is 3.78. The number of carbonyl (C=O) groups excluding carboxylic acids is 1. The maximum Gasteiger partial charge on any atom is 0.221 e. The van der Waals surface area contributed by atoms with Crippen LogP contribution in [0.25, 0.3) is 0 Å². The molecule has 0 saturated carbocycles. The summed E-state index contributed by atoms with van der Waals surface area (Å²) in [7, 11) is 4.75. The highest BCUT2D eigenvalue weighted by Gasteiger charge is 2.13. The molecule has 37 heavy (non-hydrogen) atoms. The van der Waals surface area contributed by atoms with Gasteiger partial charge in [-0.2, -0.15) is 0 Å². The van der Waals surface area contributed by atoms with Crippen LogP contribution in [0.4, 0.5) is 11.4 Å². The molecule has 186 valence electrons. The van der Waals surface area contributed by atoms with Gasteiger partial charge in [0.25, 0.3) is 0 Å². The lowest BCUT2D eigenvalue weighted by molar-refractivity contribution is 0.103. The zero-order valence-corrected chi connectivity index (χ0v) is 21.3. The number of aliphatic imine (C=N–C) groups is 2. The van der Waals surface area contributed by atoms with Crippen LogP contribution in [-0.2, 0) is 9.47 Å². The van der Waals surface area contributed by atoms with E-state index < -0.39 is 0 Å². The van der Waals surface area contributed by atoms with Crippen molar-refractivity contribution in [2.45, 2.75) is 6.92 Å². The van der Waals surface area contributed by atoms with E-state index in [9.17, 15) is 4.79 Å². The lowest BCUT2D eigenvalue weighted by Crippen LogP contribution is -2.07. The maximum absolute atomic E-state index is 13.1. The SMILES string of the molecule is CO/C(=N\c1ccccc1C)c1ccc(C(=O)c2ccc(/C(=N/c3ccccc3OC)OC)cc2)cc1. The van der Waals surface area contributed by atoms with Crippen LogP contribution in [0.3, 0.4) is 0 Å². The molecule has 0 unspecified atom stereocenters. The second-order valence-electron chi connectivity index (χ2n) is 8.18. The number of para-hydroxylation sites is 3. The average molecular weight is 493 g/mol. The lowest BCUT2D eigenvalue weighted by atomic mass is 10.0. The summed E-state index contributed by atoms with van der Waals surface area (Å²) >= 11 is 0. The predicted molar refractivity (Wildman–Crippen MR) is 147 cm³/mol. The quantitative estimate of drug-likeness (QED) is 0.164. The Morgan fingerprint density at radius 3 is 1.49 bits per heavy atom. The zero-order chi connectivity index (χ0) is 26.2. The van der Waals surface area contributed by atoms with Crippen molar-refractivity contribution in [1.29, 1.82) is 0 Å². The van der Waals surface area contributed by atoms with Crippen molar-refractivity contribution in [2.24, 2.45) is 9.98 Å². The summed E-state index contributed by atoms with van der Waals surface area (Å²) in [6.45, 7) is 2.00. The van der Waals surface area contributed by atoms with Gasteiger partial charge >= 0.3 is 0 Å². The van der Waals surface area contributed by atoms with Crippen LogP contribution in [0.15, 0.2) is 107 Å². The summed E-state index contributed by atoms with van der Waals surface area (Å²) in [6.07, 6.45) is 0. The first-order valence-corrected chi connectivity index (χ1v) is 11.7. The van der Waals surface area contributed by atoms with Crippen LogP contribution >= 0.6 is 0 Å². The fraction of sp³-hybridized carbons (Fsp3) is 0.129. The van der Waals surface area contributed by atoms with E-state index in [1.165, 1.54) is 0 Å². The second-order valence-corrected chi connectivity index (χ2v) is 8.18. The molecular formula is C31H28N2O4. The molecule has 6 heteroatoms. The third-order valence-corrected chi connectivity index (χ3v) is 5.82. The molecule has 0 bridgehead atoms. The standard InChI is InChI=1S/C31H28N2O4/c1-21-9-5-6-10-26(21)32-30(36-3)24-17-13-22(14-18-24)29(34)23-15-19-25(20-16-23)31(37-4)33-27-11-7-8-12-28(27)35-2/h5-20H,1-4H3/b32-30-,33-31-. The summed E-state index contributed by atoms with van der Waals surface area (Å²) < 4.78 is 16.4. The highest BCUT2D eigenvalue weighted by Crippen LogP contribution is 2.27. The van der Waals surface area contributed by atoms with Crippen molar-refractivity contribution in [3.8, 4) is 5.75 Å². The fourth-order valence-electron chi connectivity index (χ4n) is 3.78. The third-order valence-electron chi connectivity index (χ3n) is 5.82. The van der Waals surface area contributed by atoms with Gasteiger partial charge in [0.1, 0.15) is 11.4 Å². The number of rotatable bonds is 7. The molecule has 4 aromatic carbocycles. The van der Waals surface area contributed by atoms with Crippen molar-refractivity contribution in [2.75, 3.05) is 21.3 Å². The molecule has 0 atom stereocenters. The van der Waals surface area contributed by atoms with E-state index in [1.54, 1.807) is 45.6 Å². The monoisotopic (exact) mass is 492 g/mol. The summed E-state index contributed by atoms with van der Waals surface area (Å²) in [5.41, 5.74) is 5.21. The Kier molecular flexibility index (Phi) is 8.11.